The minimum absolute atomic E-state index is 0.0623. The molecule has 1 saturated carbocycles. The summed E-state index contributed by atoms with van der Waals surface area (Å²) in [7, 11) is 0. The molecule has 0 unspecified atom stereocenters. The molecule has 0 saturated heterocycles. The third-order valence-electron chi connectivity index (χ3n) is 4.24. The van der Waals surface area contributed by atoms with Crippen LogP contribution in [0.1, 0.15) is 70.2 Å². The average Bonchev–Trinajstić information content (AvgIpc) is 2.89. The van der Waals surface area contributed by atoms with Crippen LogP contribution in [0, 0.1) is 0 Å². The van der Waals surface area contributed by atoms with Crippen LogP contribution in [0.3, 0.4) is 0 Å². The van der Waals surface area contributed by atoms with Gasteiger partial charge in [0.15, 0.2) is 0 Å². The van der Waals surface area contributed by atoms with Crippen molar-refractivity contribution in [3.63, 3.8) is 0 Å². The number of pyridine rings is 1. The number of hydrogen-bond acceptors (Lipinski definition) is 2. The van der Waals surface area contributed by atoms with Crippen LogP contribution in [0.4, 0.5) is 0 Å². The van der Waals surface area contributed by atoms with E-state index < -0.39 is 0 Å². The quantitative estimate of drug-likeness (QED) is 0.790. The SMILES string of the molecule is CC(C)(C)c1ccc(CCC(=O)Cl)c(=O)n1C1CCCC1. The van der Waals surface area contributed by atoms with Crippen LogP contribution in [0.15, 0.2) is 16.9 Å². The number of aromatic nitrogens is 1. The molecule has 1 aromatic heterocycles. The highest BCUT2D eigenvalue weighted by Crippen LogP contribution is 2.32. The third-order valence-corrected chi connectivity index (χ3v) is 4.43. The Morgan fingerprint density at radius 1 is 1.29 bits per heavy atom. The molecule has 0 aliphatic heterocycles. The van der Waals surface area contributed by atoms with E-state index in [0.29, 0.717) is 18.0 Å². The van der Waals surface area contributed by atoms with Gasteiger partial charge in [0, 0.05) is 29.1 Å². The largest absolute Gasteiger partial charge is 0.309 e. The molecule has 0 amide bonds. The van der Waals surface area contributed by atoms with Crippen molar-refractivity contribution in [2.24, 2.45) is 0 Å². The van der Waals surface area contributed by atoms with E-state index in [2.05, 4.69) is 20.8 Å². The smallest absolute Gasteiger partial charge is 0.254 e. The summed E-state index contributed by atoms with van der Waals surface area (Å²) in [6.07, 6.45) is 5.16. The first-order valence-corrected chi connectivity index (χ1v) is 8.11. The van der Waals surface area contributed by atoms with Crippen molar-refractivity contribution >= 4 is 16.8 Å². The first-order chi connectivity index (χ1) is 9.80. The molecule has 3 nitrogen and oxygen atoms in total. The van der Waals surface area contributed by atoms with Gasteiger partial charge in [-0.15, -0.1) is 0 Å². The van der Waals surface area contributed by atoms with Crippen molar-refractivity contribution in [3.05, 3.63) is 33.7 Å². The molecule has 0 radical (unpaired) electrons. The van der Waals surface area contributed by atoms with E-state index in [1.165, 1.54) is 12.8 Å². The molecule has 0 bridgehead atoms. The van der Waals surface area contributed by atoms with Crippen molar-refractivity contribution in [1.29, 1.82) is 0 Å². The van der Waals surface area contributed by atoms with Crippen molar-refractivity contribution < 1.29 is 4.79 Å². The summed E-state index contributed by atoms with van der Waals surface area (Å²) in [5.74, 6) is 0. The summed E-state index contributed by atoms with van der Waals surface area (Å²) in [6, 6.07) is 4.22. The highest BCUT2D eigenvalue weighted by Gasteiger charge is 2.26. The maximum atomic E-state index is 12.8. The summed E-state index contributed by atoms with van der Waals surface area (Å²) in [6.45, 7) is 6.40. The lowest BCUT2D eigenvalue weighted by Crippen LogP contribution is -2.33. The van der Waals surface area contributed by atoms with Crippen molar-refractivity contribution in [1.82, 2.24) is 4.57 Å². The van der Waals surface area contributed by atoms with Crippen LogP contribution in [0.5, 0.6) is 0 Å². The number of carbonyl (C=O) groups is 1. The zero-order chi connectivity index (χ0) is 15.6. The maximum absolute atomic E-state index is 12.8. The normalized spacial score (nSPS) is 16.4. The fraction of sp³-hybridized carbons (Fsp3) is 0.647. The van der Waals surface area contributed by atoms with Gasteiger partial charge in [-0.05, 0) is 36.9 Å². The van der Waals surface area contributed by atoms with E-state index in [0.717, 1.165) is 18.5 Å². The lowest BCUT2D eigenvalue weighted by molar-refractivity contribution is -0.111. The fourth-order valence-corrected chi connectivity index (χ4v) is 3.25. The molecule has 1 aliphatic carbocycles. The van der Waals surface area contributed by atoms with Gasteiger partial charge in [0.05, 0.1) is 0 Å². The second-order valence-corrected chi connectivity index (χ2v) is 7.38. The Bertz CT molecular complexity index is 577. The molecule has 0 aromatic carbocycles. The van der Waals surface area contributed by atoms with Crippen LogP contribution in [0.2, 0.25) is 0 Å². The number of nitrogens with zero attached hydrogens (tertiary/aromatic N) is 1. The highest BCUT2D eigenvalue weighted by atomic mass is 35.5. The van der Waals surface area contributed by atoms with Crippen LogP contribution in [-0.2, 0) is 16.6 Å². The molecule has 1 aliphatic rings. The Morgan fingerprint density at radius 3 is 2.43 bits per heavy atom. The number of halogens is 1. The number of carbonyl (C=O) groups excluding carboxylic acids is 1. The summed E-state index contributed by atoms with van der Waals surface area (Å²) in [5.41, 5.74) is 1.78. The minimum atomic E-state index is -0.387. The van der Waals surface area contributed by atoms with Gasteiger partial charge in [-0.2, -0.15) is 0 Å². The van der Waals surface area contributed by atoms with Crippen LogP contribution in [-0.4, -0.2) is 9.81 Å². The standard InChI is InChI=1S/C17H24ClNO2/c1-17(2,3)14-10-8-12(9-11-15(18)20)16(21)19(14)13-6-4-5-7-13/h8,10,13H,4-7,9,11H2,1-3H3. The zero-order valence-corrected chi connectivity index (χ0v) is 13.9. The van der Waals surface area contributed by atoms with E-state index >= 15 is 0 Å². The Kier molecular flexibility index (Phi) is 4.92. The van der Waals surface area contributed by atoms with Gasteiger partial charge in [-0.3, -0.25) is 9.59 Å². The monoisotopic (exact) mass is 309 g/mol. The summed E-state index contributed by atoms with van der Waals surface area (Å²) >= 11 is 5.40. The number of aryl methyl sites for hydroxylation is 1. The lowest BCUT2D eigenvalue weighted by atomic mass is 9.90. The molecule has 116 valence electrons. The molecule has 1 heterocycles. The van der Waals surface area contributed by atoms with Crippen molar-refractivity contribution in [3.8, 4) is 0 Å². The molecule has 0 spiro atoms. The second kappa shape index (κ2) is 6.35. The Labute approximate surface area is 131 Å². The first kappa shape index (κ1) is 16.3. The Balaban J connectivity index is 2.47. The van der Waals surface area contributed by atoms with E-state index in [-0.39, 0.29) is 22.6 Å². The van der Waals surface area contributed by atoms with Gasteiger partial charge in [-0.1, -0.05) is 39.7 Å². The summed E-state index contributed by atoms with van der Waals surface area (Å²) in [5, 5.41) is -0.387. The van der Waals surface area contributed by atoms with Gasteiger partial charge in [0.2, 0.25) is 5.24 Å². The van der Waals surface area contributed by atoms with E-state index in [4.69, 9.17) is 11.6 Å². The van der Waals surface area contributed by atoms with Crippen LogP contribution in [0.25, 0.3) is 0 Å². The molecule has 0 N–H and O–H groups in total. The molecular weight excluding hydrogens is 286 g/mol. The number of rotatable bonds is 4. The predicted molar refractivity (Wildman–Crippen MR) is 86.1 cm³/mol. The van der Waals surface area contributed by atoms with Crippen LogP contribution >= 0.6 is 11.6 Å². The molecule has 4 heteroatoms. The van der Waals surface area contributed by atoms with Crippen molar-refractivity contribution in [2.45, 2.75) is 70.8 Å². The molecule has 2 rings (SSSR count). The molecule has 1 aromatic rings. The van der Waals surface area contributed by atoms with Gasteiger partial charge >= 0.3 is 0 Å². The third kappa shape index (κ3) is 3.76. The van der Waals surface area contributed by atoms with E-state index in [1.54, 1.807) is 0 Å². The van der Waals surface area contributed by atoms with Gasteiger partial charge in [0.25, 0.3) is 5.56 Å². The molecule has 0 atom stereocenters. The summed E-state index contributed by atoms with van der Waals surface area (Å²) < 4.78 is 1.99. The molecule has 21 heavy (non-hydrogen) atoms. The molecular formula is C17H24ClNO2. The number of hydrogen-bond donors (Lipinski definition) is 0. The average molecular weight is 310 g/mol. The van der Waals surface area contributed by atoms with Gasteiger partial charge in [-0.25, -0.2) is 0 Å². The topological polar surface area (TPSA) is 39.1 Å². The highest BCUT2D eigenvalue weighted by molar-refractivity contribution is 6.63. The predicted octanol–water partition coefficient (Wildman–Crippen LogP) is 3.96. The molecule has 1 fully saturated rings. The Morgan fingerprint density at radius 2 is 1.90 bits per heavy atom. The van der Waals surface area contributed by atoms with Crippen molar-refractivity contribution in [2.75, 3.05) is 0 Å². The minimum Gasteiger partial charge on any atom is -0.309 e. The fourth-order valence-electron chi connectivity index (χ4n) is 3.15. The van der Waals surface area contributed by atoms with E-state index in [1.807, 2.05) is 16.7 Å². The maximum Gasteiger partial charge on any atom is 0.254 e. The van der Waals surface area contributed by atoms with Crippen LogP contribution < -0.4 is 5.56 Å². The second-order valence-electron chi connectivity index (χ2n) is 6.96. The van der Waals surface area contributed by atoms with Gasteiger partial charge in [0.1, 0.15) is 0 Å². The first-order valence-electron chi connectivity index (χ1n) is 7.74. The van der Waals surface area contributed by atoms with E-state index in [9.17, 15) is 9.59 Å². The Hall–Kier alpha value is -1.09. The van der Waals surface area contributed by atoms with Gasteiger partial charge < -0.3 is 4.57 Å². The zero-order valence-electron chi connectivity index (χ0n) is 13.1. The summed E-state index contributed by atoms with van der Waals surface area (Å²) in [4.78, 5) is 23.8. The lowest BCUT2D eigenvalue weighted by Gasteiger charge is -2.28.